The lowest BCUT2D eigenvalue weighted by Gasteiger charge is -2.04. The molecule has 0 unspecified atom stereocenters. The van der Waals surface area contributed by atoms with Gasteiger partial charge in [0.25, 0.3) is 0 Å². The number of nitriles is 1. The second kappa shape index (κ2) is 3.15. The van der Waals surface area contributed by atoms with Crippen LogP contribution in [0.4, 0.5) is 5.69 Å². The molecule has 0 spiro atoms. The Kier molecular flexibility index (Phi) is 2.20. The number of aromatic hydroxyl groups is 1. The second-order valence-electron chi connectivity index (χ2n) is 2.59. The summed E-state index contributed by atoms with van der Waals surface area (Å²) in [7, 11) is 0. The van der Waals surface area contributed by atoms with Crippen LogP contribution in [-0.2, 0) is 0 Å². The fourth-order valence-corrected chi connectivity index (χ4v) is 1.03. The number of hydrogen-bond acceptors (Lipinski definition) is 4. The third-order valence-electron chi connectivity index (χ3n) is 1.71. The van der Waals surface area contributed by atoms with Crippen LogP contribution in [0.1, 0.15) is 22.8 Å². The summed E-state index contributed by atoms with van der Waals surface area (Å²) in [5.74, 6) is -0.431. The van der Waals surface area contributed by atoms with Crippen molar-refractivity contribution >= 4 is 11.5 Å². The lowest BCUT2D eigenvalue weighted by Crippen LogP contribution is -2.01. The normalized spacial score (nSPS) is 9.23. The van der Waals surface area contributed by atoms with Crippen LogP contribution >= 0.6 is 0 Å². The Morgan fingerprint density at radius 1 is 1.62 bits per heavy atom. The van der Waals surface area contributed by atoms with Gasteiger partial charge >= 0.3 is 0 Å². The van der Waals surface area contributed by atoms with Crippen LogP contribution in [-0.4, -0.2) is 10.9 Å². The second-order valence-corrected chi connectivity index (χ2v) is 2.59. The van der Waals surface area contributed by atoms with Gasteiger partial charge in [-0.3, -0.25) is 4.79 Å². The molecule has 0 heterocycles. The minimum Gasteiger partial charge on any atom is -0.506 e. The Morgan fingerprint density at radius 2 is 2.23 bits per heavy atom. The van der Waals surface area contributed by atoms with Crippen molar-refractivity contribution in [3.8, 4) is 11.8 Å². The van der Waals surface area contributed by atoms with E-state index in [0.29, 0.717) is 0 Å². The summed E-state index contributed by atoms with van der Waals surface area (Å²) in [6.07, 6.45) is 0. The number of phenolic OH excluding ortho intramolecular Hbond substituents is 1. The molecule has 0 saturated heterocycles. The highest BCUT2D eigenvalue weighted by molar-refractivity contribution is 6.00. The summed E-state index contributed by atoms with van der Waals surface area (Å²) in [6, 6.07) is 4.41. The number of nitrogens with two attached hydrogens (primary N) is 1. The van der Waals surface area contributed by atoms with Gasteiger partial charge in [0, 0.05) is 5.56 Å². The average Bonchev–Trinajstić information content (AvgIpc) is 2.04. The van der Waals surface area contributed by atoms with Crippen molar-refractivity contribution in [2.75, 3.05) is 5.73 Å². The van der Waals surface area contributed by atoms with E-state index < -0.39 is 0 Å². The first-order chi connectivity index (χ1) is 6.07. The highest BCUT2D eigenvalue weighted by atomic mass is 16.3. The van der Waals surface area contributed by atoms with Crippen LogP contribution in [0.5, 0.6) is 5.75 Å². The fourth-order valence-electron chi connectivity index (χ4n) is 1.03. The van der Waals surface area contributed by atoms with Gasteiger partial charge in [-0.1, -0.05) is 0 Å². The number of phenols is 1. The van der Waals surface area contributed by atoms with Crippen LogP contribution in [0.15, 0.2) is 12.1 Å². The van der Waals surface area contributed by atoms with Crippen molar-refractivity contribution < 1.29 is 9.90 Å². The largest absolute Gasteiger partial charge is 0.506 e. The number of nitrogen functional groups attached to an aromatic ring is 1. The molecule has 1 aromatic carbocycles. The van der Waals surface area contributed by atoms with E-state index in [-0.39, 0.29) is 28.3 Å². The van der Waals surface area contributed by atoms with Gasteiger partial charge in [-0.05, 0) is 19.1 Å². The van der Waals surface area contributed by atoms with Gasteiger partial charge in [-0.2, -0.15) is 5.26 Å². The number of anilines is 1. The predicted molar refractivity (Wildman–Crippen MR) is 47.2 cm³/mol. The molecule has 0 aliphatic heterocycles. The Hall–Kier alpha value is -2.02. The summed E-state index contributed by atoms with van der Waals surface area (Å²) in [6.45, 7) is 1.35. The van der Waals surface area contributed by atoms with Crippen LogP contribution in [0.2, 0.25) is 0 Å². The van der Waals surface area contributed by atoms with E-state index in [2.05, 4.69) is 0 Å². The smallest absolute Gasteiger partial charge is 0.161 e. The molecule has 0 amide bonds. The third kappa shape index (κ3) is 1.44. The van der Waals surface area contributed by atoms with E-state index in [0.717, 1.165) is 0 Å². The molecule has 1 rings (SSSR count). The summed E-state index contributed by atoms with van der Waals surface area (Å²) >= 11 is 0. The highest BCUT2D eigenvalue weighted by Gasteiger charge is 2.12. The van der Waals surface area contributed by atoms with Crippen molar-refractivity contribution in [3.63, 3.8) is 0 Å². The van der Waals surface area contributed by atoms with Gasteiger partial charge < -0.3 is 10.8 Å². The molecule has 0 atom stereocenters. The van der Waals surface area contributed by atoms with E-state index in [1.165, 1.54) is 19.1 Å². The molecule has 1 aromatic rings. The predicted octanol–water partition coefficient (Wildman–Crippen LogP) is 1.05. The Morgan fingerprint density at radius 3 is 2.69 bits per heavy atom. The third-order valence-corrected chi connectivity index (χ3v) is 1.71. The molecule has 4 nitrogen and oxygen atoms in total. The summed E-state index contributed by atoms with van der Waals surface area (Å²) in [5, 5.41) is 17.8. The minimum absolute atomic E-state index is 0.0370. The zero-order chi connectivity index (χ0) is 10.0. The molecule has 13 heavy (non-hydrogen) atoms. The van der Waals surface area contributed by atoms with E-state index in [1.54, 1.807) is 6.07 Å². The number of Topliss-reactive ketones (excluding diaryl/α,β-unsaturated/α-hetero) is 1. The maximum atomic E-state index is 11.0. The topological polar surface area (TPSA) is 87.1 Å². The number of benzene rings is 1. The number of rotatable bonds is 1. The van der Waals surface area contributed by atoms with E-state index in [4.69, 9.17) is 11.0 Å². The zero-order valence-electron chi connectivity index (χ0n) is 7.03. The van der Waals surface area contributed by atoms with E-state index in [1.807, 2.05) is 0 Å². The SMILES string of the molecule is CC(=O)c1ccc(O)c(C#N)c1N. The molecular formula is C9H8N2O2. The van der Waals surface area contributed by atoms with Gasteiger partial charge in [-0.25, -0.2) is 0 Å². The Bertz CT molecular complexity index is 405. The van der Waals surface area contributed by atoms with E-state index >= 15 is 0 Å². The molecule has 0 aliphatic rings. The van der Waals surface area contributed by atoms with Crippen molar-refractivity contribution in [1.29, 1.82) is 5.26 Å². The maximum Gasteiger partial charge on any atom is 0.161 e. The summed E-state index contributed by atoms with van der Waals surface area (Å²) in [4.78, 5) is 11.0. The average molecular weight is 176 g/mol. The number of ketones is 1. The number of carbonyl (C=O) groups is 1. The first-order valence-corrected chi connectivity index (χ1v) is 3.60. The van der Waals surface area contributed by atoms with Crippen LogP contribution < -0.4 is 5.73 Å². The molecule has 66 valence electrons. The van der Waals surface area contributed by atoms with Gasteiger partial charge in [0.2, 0.25) is 0 Å². The first kappa shape index (κ1) is 9.07. The Labute approximate surface area is 75.2 Å². The quantitative estimate of drug-likeness (QED) is 0.494. The van der Waals surface area contributed by atoms with Crippen molar-refractivity contribution in [2.24, 2.45) is 0 Å². The van der Waals surface area contributed by atoms with Crippen molar-refractivity contribution in [2.45, 2.75) is 6.92 Å². The molecule has 0 saturated carbocycles. The van der Waals surface area contributed by atoms with Crippen LogP contribution in [0.25, 0.3) is 0 Å². The summed E-state index contributed by atoms with van der Waals surface area (Å²) in [5.41, 5.74) is 5.74. The number of nitrogens with zero attached hydrogens (tertiary/aromatic N) is 1. The molecule has 0 bridgehead atoms. The number of hydrogen-bond donors (Lipinski definition) is 2. The standard InChI is InChI=1S/C9H8N2O2/c1-5(12)6-2-3-8(13)7(4-10)9(6)11/h2-3,13H,11H2,1H3. The van der Waals surface area contributed by atoms with Crippen LogP contribution in [0, 0.1) is 11.3 Å². The van der Waals surface area contributed by atoms with Crippen LogP contribution in [0.3, 0.4) is 0 Å². The highest BCUT2D eigenvalue weighted by Crippen LogP contribution is 2.25. The van der Waals surface area contributed by atoms with Gasteiger partial charge in [0.15, 0.2) is 5.78 Å². The number of carbonyl (C=O) groups excluding carboxylic acids is 1. The fraction of sp³-hybridized carbons (Fsp3) is 0.111. The lowest BCUT2D eigenvalue weighted by atomic mass is 10.0. The summed E-state index contributed by atoms with van der Waals surface area (Å²) < 4.78 is 0. The molecule has 4 heteroatoms. The minimum atomic E-state index is -0.228. The molecule has 0 aliphatic carbocycles. The first-order valence-electron chi connectivity index (χ1n) is 3.60. The lowest BCUT2D eigenvalue weighted by molar-refractivity contribution is 0.101. The van der Waals surface area contributed by atoms with Crippen molar-refractivity contribution in [1.82, 2.24) is 0 Å². The van der Waals surface area contributed by atoms with Gasteiger partial charge in [-0.15, -0.1) is 0 Å². The molecule has 0 radical (unpaired) electrons. The monoisotopic (exact) mass is 176 g/mol. The Balaban J connectivity index is 3.47. The van der Waals surface area contributed by atoms with Gasteiger partial charge in [0.05, 0.1) is 5.69 Å². The molecule has 0 aromatic heterocycles. The van der Waals surface area contributed by atoms with Crippen molar-refractivity contribution in [3.05, 3.63) is 23.3 Å². The zero-order valence-corrected chi connectivity index (χ0v) is 7.03. The molecule has 0 fully saturated rings. The van der Waals surface area contributed by atoms with E-state index in [9.17, 15) is 9.90 Å². The molecular weight excluding hydrogens is 168 g/mol. The van der Waals surface area contributed by atoms with Gasteiger partial charge in [0.1, 0.15) is 17.4 Å². The molecule has 3 N–H and O–H groups in total. The maximum absolute atomic E-state index is 11.0.